The Balaban J connectivity index is 4.37. The Kier molecular flexibility index (Phi) is 4.38. The van der Waals surface area contributed by atoms with E-state index >= 15 is 0 Å². The summed E-state index contributed by atoms with van der Waals surface area (Å²) in [6.45, 7) is 4.33. The van der Waals surface area contributed by atoms with Gasteiger partial charge in [-0.05, 0) is 13.0 Å². The van der Waals surface area contributed by atoms with E-state index in [1.165, 1.54) is 13.0 Å². The van der Waals surface area contributed by atoms with Gasteiger partial charge >= 0.3 is 0 Å². The molecule has 0 fully saturated rings. The van der Waals surface area contributed by atoms with Crippen LogP contribution in [0.15, 0.2) is 36.0 Å². The molecule has 0 heterocycles. The lowest BCUT2D eigenvalue weighted by atomic mass is 10.2. The van der Waals surface area contributed by atoms with Crippen LogP contribution in [-0.2, 0) is 0 Å². The Bertz CT molecular complexity index is 200. The summed E-state index contributed by atoms with van der Waals surface area (Å²) in [5, 5.41) is 0. The summed E-state index contributed by atoms with van der Waals surface area (Å²) in [5.41, 5.74) is 5.35. The van der Waals surface area contributed by atoms with Gasteiger partial charge in [-0.1, -0.05) is 12.7 Å². The lowest BCUT2D eigenvalue weighted by molar-refractivity contribution is 0.638. The van der Waals surface area contributed by atoms with E-state index in [-0.39, 0.29) is 12.1 Å². The smallest absolute Gasteiger partial charge is 0.120 e. The summed E-state index contributed by atoms with van der Waals surface area (Å²) in [5.74, 6) is -1.01. The van der Waals surface area contributed by atoms with E-state index in [1.807, 2.05) is 0 Å². The van der Waals surface area contributed by atoms with Gasteiger partial charge in [-0.25, -0.2) is 8.78 Å². The van der Waals surface area contributed by atoms with Crippen molar-refractivity contribution in [2.45, 2.75) is 6.92 Å². The zero-order valence-corrected chi connectivity index (χ0v) is 6.40. The first-order valence-corrected chi connectivity index (χ1v) is 3.15. The SMILES string of the molecule is C=C(F)/C(=C\C=C(/C)F)CN. The zero-order valence-electron chi connectivity index (χ0n) is 6.40. The minimum atomic E-state index is -0.620. The fraction of sp³-hybridized carbons (Fsp3) is 0.250. The van der Waals surface area contributed by atoms with Gasteiger partial charge in [0.05, 0.1) is 5.83 Å². The van der Waals surface area contributed by atoms with Gasteiger partial charge in [-0.15, -0.1) is 0 Å². The van der Waals surface area contributed by atoms with Crippen LogP contribution in [0.2, 0.25) is 0 Å². The van der Waals surface area contributed by atoms with Crippen LogP contribution >= 0.6 is 0 Å². The number of rotatable bonds is 3. The third-order valence-corrected chi connectivity index (χ3v) is 1.08. The standard InChI is InChI=1S/C8H11F2N/c1-6(9)3-4-8(5-11)7(2)10/h3-4H,2,5,11H2,1H3/b6-3+,8-4-. The van der Waals surface area contributed by atoms with E-state index in [0.29, 0.717) is 0 Å². The largest absolute Gasteiger partial charge is 0.326 e. The van der Waals surface area contributed by atoms with Crippen molar-refractivity contribution >= 4 is 0 Å². The second-order valence-electron chi connectivity index (χ2n) is 2.05. The number of halogens is 2. The monoisotopic (exact) mass is 159 g/mol. The topological polar surface area (TPSA) is 26.0 Å². The number of hydrogen-bond donors (Lipinski definition) is 1. The summed E-state index contributed by atoms with van der Waals surface area (Å²) in [6, 6.07) is 0. The predicted octanol–water partition coefficient (Wildman–Crippen LogP) is 2.23. The van der Waals surface area contributed by atoms with Gasteiger partial charge in [0.15, 0.2) is 0 Å². The molecule has 0 aromatic rings. The fourth-order valence-electron chi connectivity index (χ4n) is 0.485. The average molecular weight is 159 g/mol. The zero-order chi connectivity index (χ0) is 8.85. The van der Waals surface area contributed by atoms with Crippen LogP contribution in [0.3, 0.4) is 0 Å². The molecule has 0 rings (SSSR count). The summed E-state index contributed by atoms with van der Waals surface area (Å²) >= 11 is 0. The van der Waals surface area contributed by atoms with Crippen molar-refractivity contribution in [2.75, 3.05) is 6.54 Å². The second-order valence-corrected chi connectivity index (χ2v) is 2.05. The quantitative estimate of drug-likeness (QED) is 0.628. The normalized spacial score (nSPS) is 13.5. The molecule has 0 aliphatic carbocycles. The van der Waals surface area contributed by atoms with Crippen molar-refractivity contribution in [3.05, 3.63) is 36.0 Å². The van der Waals surface area contributed by atoms with Crippen molar-refractivity contribution in [3.63, 3.8) is 0 Å². The molecular formula is C8H11F2N. The minimum Gasteiger partial charge on any atom is -0.326 e. The van der Waals surface area contributed by atoms with Gasteiger partial charge < -0.3 is 5.73 Å². The van der Waals surface area contributed by atoms with Gasteiger partial charge in [0, 0.05) is 12.1 Å². The number of hydrogen-bond acceptors (Lipinski definition) is 1. The Hall–Kier alpha value is -0.960. The molecule has 3 heteroatoms. The van der Waals surface area contributed by atoms with Crippen molar-refractivity contribution in [1.82, 2.24) is 0 Å². The summed E-state index contributed by atoms with van der Waals surface area (Å²) in [4.78, 5) is 0. The molecule has 62 valence electrons. The van der Waals surface area contributed by atoms with Gasteiger partial charge in [-0.3, -0.25) is 0 Å². The predicted molar refractivity (Wildman–Crippen MR) is 42.3 cm³/mol. The molecule has 1 nitrogen and oxygen atoms in total. The Morgan fingerprint density at radius 2 is 2.00 bits per heavy atom. The van der Waals surface area contributed by atoms with E-state index < -0.39 is 11.7 Å². The van der Waals surface area contributed by atoms with Crippen LogP contribution in [0.5, 0.6) is 0 Å². The van der Waals surface area contributed by atoms with Crippen LogP contribution in [-0.4, -0.2) is 6.54 Å². The number of allylic oxidation sites excluding steroid dienone is 3. The van der Waals surface area contributed by atoms with E-state index in [2.05, 4.69) is 6.58 Å². The maximum Gasteiger partial charge on any atom is 0.120 e. The summed E-state index contributed by atoms with van der Waals surface area (Å²) in [7, 11) is 0. The van der Waals surface area contributed by atoms with Crippen molar-refractivity contribution < 1.29 is 8.78 Å². The van der Waals surface area contributed by atoms with Gasteiger partial charge in [0.25, 0.3) is 0 Å². The number of nitrogens with two attached hydrogens (primary N) is 1. The fourth-order valence-corrected chi connectivity index (χ4v) is 0.485. The summed E-state index contributed by atoms with van der Waals surface area (Å²) in [6.07, 6.45) is 2.42. The van der Waals surface area contributed by atoms with Crippen molar-refractivity contribution in [1.29, 1.82) is 0 Å². The van der Waals surface area contributed by atoms with Crippen LogP contribution < -0.4 is 5.73 Å². The first-order valence-electron chi connectivity index (χ1n) is 3.15. The molecule has 0 unspecified atom stereocenters. The first kappa shape index (κ1) is 10.0. The van der Waals surface area contributed by atoms with E-state index in [0.717, 1.165) is 6.08 Å². The Morgan fingerprint density at radius 1 is 1.45 bits per heavy atom. The molecule has 2 N–H and O–H groups in total. The first-order chi connectivity index (χ1) is 5.07. The molecule has 0 saturated carbocycles. The lowest BCUT2D eigenvalue weighted by Gasteiger charge is -1.96. The van der Waals surface area contributed by atoms with E-state index in [9.17, 15) is 8.78 Å². The lowest BCUT2D eigenvalue weighted by Crippen LogP contribution is -2.02. The molecule has 11 heavy (non-hydrogen) atoms. The third-order valence-electron chi connectivity index (χ3n) is 1.08. The highest BCUT2D eigenvalue weighted by Gasteiger charge is 1.96. The minimum absolute atomic E-state index is 0.0269. The van der Waals surface area contributed by atoms with E-state index in [4.69, 9.17) is 5.73 Å². The molecule has 0 aliphatic heterocycles. The molecule has 0 amide bonds. The molecular weight excluding hydrogens is 148 g/mol. The Morgan fingerprint density at radius 3 is 2.27 bits per heavy atom. The molecule has 0 saturated heterocycles. The van der Waals surface area contributed by atoms with Crippen LogP contribution in [0.1, 0.15) is 6.92 Å². The van der Waals surface area contributed by atoms with Crippen molar-refractivity contribution in [2.24, 2.45) is 5.73 Å². The van der Waals surface area contributed by atoms with Gasteiger partial charge in [-0.2, -0.15) is 0 Å². The molecule has 0 aromatic heterocycles. The Labute approximate surface area is 64.9 Å². The maximum atomic E-state index is 12.3. The average Bonchev–Trinajstić information content (AvgIpc) is 1.87. The van der Waals surface area contributed by atoms with Gasteiger partial charge in [0.1, 0.15) is 5.83 Å². The molecule has 0 radical (unpaired) electrons. The van der Waals surface area contributed by atoms with Crippen molar-refractivity contribution in [3.8, 4) is 0 Å². The van der Waals surface area contributed by atoms with Crippen LogP contribution in [0.25, 0.3) is 0 Å². The highest BCUT2D eigenvalue weighted by atomic mass is 19.1. The maximum absolute atomic E-state index is 12.3. The highest BCUT2D eigenvalue weighted by Crippen LogP contribution is 2.07. The highest BCUT2D eigenvalue weighted by molar-refractivity contribution is 5.28. The molecule has 0 spiro atoms. The second kappa shape index (κ2) is 4.79. The van der Waals surface area contributed by atoms with Crippen LogP contribution in [0, 0.1) is 0 Å². The third kappa shape index (κ3) is 4.44. The van der Waals surface area contributed by atoms with Crippen LogP contribution in [0.4, 0.5) is 8.78 Å². The summed E-state index contributed by atoms with van der Waals surface area (Å²) < 4.78 is 24.4. The molecule has 0 bridgehead atoms. The van der Waals surface area contributed by atoms with Gasteiger partial charge in [0.2, 0.25) is 0 Å². The molecule has 0 aliphatic rings. The molecule has 0 aromatic carbocycles. The van der Waals surface area contributed by atoms with E-state index in [1.54, 1.807) is 0 Å². The molecule has 0 atom stereocenters.